The van der Waals surface area contributed by atoms with Crippen LogP contribution in [0, 0.1) is 5.82 Å². The van der Waals surface area contributed by atoms with Gasteiger partial charge in [0, 0.05) is 16.3 Å². The van der Waals surface area contributed by atoms with Crippen LogP contribution in [-0.4, -0.2) is 16.0 Å². The number of nitrogens with zero attached hydrogens (tertiary/aromatic N) is 1. The molecular formula is C27H18ClFN2O3S. The molecule has 1 aliphatic heterocycles. The van der Waals surface area contributed by atoms with E-state index in [2.05, 4.69) is 5.32 Å². The predicted molar refractivity (Wildman–Crippen MR) is 134 cm³/mol. The quantitative estimate of drug-likeness (QED) is 0.367. The highest BCUT2D eigenvalue weighted by atomic mass is 35.5. The van der Waals surface area contributed by atoms with Crippen LogP contribution >= 0.6 is 11.6 Å². The fourth-order valence-corrected chi connectivity index (χ4v) is 5.47. The number of rotatable bonds is 4. The molecule has 0 spiro atoms. The van der Waals surface area contributed by atoms with Gasteiger partial charge in [0.15, 0.2) is 0 Å². The first-order chi connectivity index (χ1) is 16.9. The molecule has 1 unspecified atom stereocenters. The van der Waals surface area contributed by atoms with Crippen LogP contribution in [0.1, 0.15) is 26.3 Å². The van der Waals surface area contributed by atoms with Crippen LogP contribution in [-0.2, 0) is 17.3 Å². The summed E-state index contributed by atoms with van der Waals surface area (Å²) in [6, 6.07) is 24.0. The van der Waals surface area contributed by atoms with Crippen LogP contribution in [0.2, 0.25) is 5.02 Å². The molecule has 0 saturated heterocycles. The zero-order valence-electron chi connectivity index (χ0n) is 18.2. The van der Waals surface area contributed by atoms with E-state index in [1.807, 2.05) is 6.07 Å². The fourth-order valence-electron chi connectivity index (χ4n) is 3.92. The predicted octanol–water partition coefficient (Wildman–Crippen LogP) is 6.06. The van der Waals surface area contributed by atoms with Gasteiger partial charge in [0.05, 0.1) is 38.4 Å². The summed E-state index contributed by atoms with van der Waals surface area (Å²) in [6.45, 7) is 0.168. The van der Waals surface area contributed by atoms with Crippen molar-refractivity contribution in [2.75, 3.05) is 10.2 Å². The standard InChI is InChI=1S/C27H18ClFN2O3S/c28-19-5-3-4-17(14-19)16-31-23-15-18(26(32)30-21-11-9-20(29)10-12-21)8-13-25(23)35(34)24-7-2-1-6-22(24)27(31)33/h1-15H,16H2,(H,30,32). The maximum absolute atomic E-state index is 13.7. The number of carbonyl (C=O) groups excluding carboxylic acids is 2. The van der Waals surface area contributed by atoms with E-state index in [9.17, 15) is 18.2 Å². The number of nitrogens with one attached hydrogen (secondary N) is 1. The summed E-state index contributed by atoms with van der Waals surface area (Å²) in [5.74, 6) is -1.18. The Balaban J connectivity index is 1.59. The monoisotopic (exact) mass is 504 g/mol. The van der Waals surface area contributed by atoms with Gasteiger partial charge in [-0.25, -0.2) is 8.60 Å². The second-order valence-corrected chi connectivity index (χ2v) is 9.78. The van der Waals surface area contributed by atoms with E-state index >= 15 is 0 Å². The molecule has 2 amide bonds. The van der Waals surface area contributed by atoms with Crippen LogP contribution in [0.4, 0.5) is 15.8 Å². The van der Waals surface area contributed by atoms with Crippen LogP contribution in [0.15, 0.2) is 101 Å². The first-order valence-corrected chi connectivity index (χ1v) is 12.2. The van der Waals surface area contributed by atoms with E-state index in [1.165, 1.54) is 29.2 Å². The van der Waals surface area contributed by atoms with Gasteiger partial charge in [-0.1, -0.05) is 35.9 Å². The maximum atomic E-state index is 13.7. The maximum Gasteiger partial charge on any atom is 0.259 e. The summed E-state index contributed by atoms with van der Waals surface area (Å²) in [7, 11) is -1.64. The fraction of sp³-hybridized carbons (Fsp3) is 0.0370. The lowest BCUT2D eigenvalue weighted by Crippen LogP contribution is -2.30. The highest BCUT2D eigenvalue weighted by Gasteiger charge is 2.31. The van der Waals surface area contributed by atoms with Gasteiger partial charge in [-0.2, -0.15) is 0 Å². The van der Waals surface area contributed by atoms with Crippen molar-refractivity contribution < 1.29 is 18.2 Å². The van der Waals surface area contributed by atoms with Crippen molar-refractivity contribution in [1.82, 2.24) is 0 Å². The Kier molecular flexibility index (Phi) is 6.19. The van der Waals surface area contributed by atoms with E-state index in [-0.39, 0.29) is 18.0 Å². The Bertz CT molecular complexity index is 1490. The van der Waals surface area contributed by atoms with Crippen molar-refractivity contribution in [3.05, 3.63) is 119 Å². The van der Waals surface area contributed by atoms with Crippen LogP contribution in [0.3, 0.4) is 0 Å². The first-order valence-electron chi connectivity index (χ1n) is 10.7. The molecular weight excluding hydrogens is 487 g/mol. The number of halogens is 2. The topological polar surface area (TPSA) is 66.5 Å². The summed E-state index contributed by atoms with van der Waals surface area (Å²) >= 11 is 6.16. The number of fused-ring (bicyclic) bond motifs is 2. The van der Waals surface area contributed by atoms with Gasteiger partial charge < -0.3 is 10.2 Å². The van der Waals surface area contributed by atoms with Gasteiger partial charge in [0.2, 0.25) is 0 Å². The molecule has 0 fully saturated rings. The molecule has 0 aromatic heterocycles. The first kappa shape index (κ1) is 23.0. The molecule has 35 heavy (non-hydrogen) atoms. The lowest BCUT2D eigenvalue weighted by molar-refractivity contribution is 0.0979. The molecule has 0 aliphatic carbocycles. The Morgan fingerprint density at radius 2 is 1.69 bits per heavy atom. The highest BCUT2D eigenvalue weighted by molar-refractivity contribution is 7.85. The lowest BCUT2D eigenvalue weighted by Gasteiger charge is -2.23. The van der Waals surface area contributed by atoms with Crippen molar-refractivity contribution >= 4 is 45.6 Å². The molecule has 1 atom stereocenters. The minimum atomic E-state index is -1.64. The second kappa shape index (κ2) is 9.44. The van der Waals surface area contributed by atoms with E-state index in [0.29, 0.717) is 31.8 Å². The van der Waals surface area contributed by atoms with Gasteiger partial charge in [-0.05, 0) is 72.3 Å². The van der Waals surface area contributed by atoms with Gasteiger partial charge in [0.1, 0.15) is 5.82 Å². The Morgan fingerprint density at radius 1 is 0.914 bits per heavy atom. The normalized spacial score (nSPS) is 14.6. The molecule has 5 nitrogen and oxygen atoms in total. The van der Waals surface area contributed by atoms with E-state index < -0.39 is 22.5 Å². The largest absolute Gasteiger partial charge is 0.322 e. The SMILES string of the molecule is O=C(Nc1ccc(F)cc1)c1ccc2c(c1)N(Cc1cccc(Cl)c1)C(=O)c1ccccc1S2=O. The van der Waals surface area contributed by atoms with Crippen LogP contribution in [0.5, 0.6) is 0 Å². The van der Waals surface area contributed by atoms with Crippen molar-refractivity contribution in [2.24, 2.45) is 0 Å². The second-order valence-electron chi connectivity index (χ2n) is 7.93. The lowest BCUT2D eigenvalue weighted by atomic mass is 10.1. The Hall–Kier alpha value is -3.81. The third kappa shape index (κ3) is 4.60. The summed E-state index contributed by atoms with van der Waals surface area (Å²) in [5.41, 5.74) is 2.18. The van der Waals surface area contributed by atoms with Gasteiger partial charge in [-0.3, -0.25) is 9.59 Å². The number of benzene rings is 4. The summed E-state index contributed by atoms with van der Waals surface area (Å²) in [6.07, 6.45) is 0. The van der Waals surface area contributed by atoms with Crippen LogP contribution < -0.4 is 10.2 Å². The molecule has 8 heteroatoms. The molecule has 1 heterocycles. The minimum absolute atomic E-state index is 0.168. The summed E-state index contributed by atoms with van der Waals surface area (Å²) in [4.78, 5) is 29.0. The molecule has 0 radical (unpaired) electrons. The van der Waals surface area contributed by atoms with Crippen molar-refractivity contribution in [3.8, 4) is 0 Å². The smallest absolute Gasteiger partial charge is 0.259 e. The zero-order chi connectivity index (χ0) is 24.5. The number of amides is 2. The van der Waals surface area contributed by atoms with E-state index in [4.69, 9.17) is 11.6 Å². The molecule has 4 aromatic rings. The molecule has 1 N–H and O–H groups in total. The number of carbonyl (C=O) groups is 2. The van der Waals surface area contributed by atoms with Gasteiger partial charge in [0.25, 0.3) is 11.8 Å². The van der Waals surface area contributed by atoms with E-state index in [0.717, 1.165) is 5.56 Å². The minimum Gasteiger partial charge on any atom is -0.322 e. The average molecular weight is 505 g/mol. The number of hydrogen-bond acceptors (Lipinski definition) is 3. The molecule has 4 aromatic carbocycles. The molecule has 0 saturated carbocycles. The third-order valence-electron chi connectivity index (χ3n) is 5.61. The molecule has 5 rings (SSSR count). The number of hydrogen-bond donors (Lipinski definition) is 1. The van der Waals surface area contributed by atoms with Crippen molar-refractivity contribution in [1.29, 1.82) is 0 Å². The van der Waals surface area contributed by atoms with Gasteiger partial charge in [-0.15, -0.1) is 0 Å². The molecule has 174 valence electrons. The Labute approximate surface area is 208 Å². The zero-order valence-corrected chi connectivity index (χ0v) is 19.8. The Morgan fingerprint density at radius 3 is 2.46 bits per heavy atom. The molecule has 1 aliphatic rings. The summed E-state index contributed by atoms with van der Waals surface area (Å²) < 4.78 is 26.7. The van der Waals surface area contributed by atoms with E-state index in [1.54, 1.807) is 60.7 Å². The highest BCUT2D eigenvalue weighted by Crippen LogP contribution is 2.36. The van der Waals surface area contributed by atoms with Gasteiger partial charge >= 0.3 is 0 Å². The van der Waals surface area contributed by atoms with Crippen molar-refractivity contribution in [3.63, 3.8) is 0 Å². The summed E-state index contributed by atoms with van der Waals surface area (Å²) in [5, 5.41) is 3.25. The van der Waals surface area contributed by atoms with Crippen LogP contribution in [0.25, 0.3) is 0 Å². The number of anilines is 2. The average Bonchev–Trinajstić information content (AvgIpc) is 2.95. The molecule has 0 bridgehead atoms. The van der Waals surface area contributed by atoms with Crippen molar-refractivity contribution in [2.45, 2.75) is 16.3 Å². The third-order valence-corrected chi connectivity index (χ3v) is 7.34.